The number of benzene rings is 1. The van der Waals surface area contributed by atoms with Gasteiger partial charge < -0.3 is 0 Å². The van der Waals surface area contributed by atoms with E-state index >= 15 is 0 Å². The summed E-state index contributed by atoms with van der Waals surface area (Å²) in [5, 5.41) is 0. The van der Waals surface area contributed by atoms with Crippen molar-refractivity contribution in [3.63, 3.8) is 0 Å². The van der Waals surface area contributed by atoms with Gasteiger partial charge in [0.15, 0.2) is 4.87 Å². The van der Waals surface area contributed by atoms with Crippen LogP contribution in [0, 0.1) is 5.92 Å². The average molecular weight is 253 g/mol. The van der Waals surface area contributed by atoms with Crippen LogP contribution in [-0.2, 0) is 14.9 Å². The lowest BCUT2D eigenvalue weighted by molar-refractivity contribution is 0.480. The molecule has 94 valence electrons. The Kier molecular flexibility index (Phi) is 2.83. The maximum atomic E-state index is 11.9. The summed E-state index contributed by atoms with van der Waals surface area (Å²) in [6, 6.07) is 7.80. The minimum atomic E-state index is -3.18. The third-order valence-corrected chi connectivity index (χ3v) is 5.49. The first-order valence-electron chi connectivity index (χ1n) is 5.96. The van der Waals surface area contributed by atoms with Crippen LogP contribution in [0.1, 0.15) is 44.7 Å². The van der Waals surface area contributed by atoms with Crippen LogP contribution in [0.3, 0.4) is 0 Å². The number of sulfonamides is 1. The Morgan fingerprint density at radius 2 is 1.65 bits per heavy atom. The van der Waals surface area contributed by atoms with Gasteiger partial charge in [-0.15, -0.1) is 0 Å². The lowest BCUT2D eigenvalue weighted by Crippen LogP contribution is -2.23. The van der Waals surface area contributed by atoms with Crippen LogP contribution in [0.2, 0.25) is 0 Å². The molecule has 0 amide bonds. The van der Waals surface area contributed by atoms with Crippen LogP contribution in [-0.4, -0.2) is 8.42 Å². The summed E-state index contributed by atoms with van der Waals surface area (Å²) in [6.45, 7) is 8.05. The second-order valence-electron chi connectivity index (χ2n) is 5.24. The average Bonchev–Trinajstić information content (AvgIpc) is 2.83. The molecule has 0 aromatic heterocycles. The number of hydrogen-bond donors (Lipinski definition) is 1. The Morgan fingerprint density at radius 1 is 1.12 bits per heavy atom. The molecule has 0 spiro atoms. The molecular formula is C13H19NO2S. The van der Waals surface area contributed by atoms with Gasteiger partial charge >= 0.3 is 0 Å². The minimum Gasteiger partial charge on any atom is -0.210 e. The van der Waals surface area contributed by atoms with E-state index in [1.807, 2.05) is 38.1 Å². The van der Waals surface area contributed by atoms with Gasteiger partial charge in [0.1, 0.15) is 0 Å². The molecule has 17 heavy (non-hydrogen) atoms. The lowest BCUT2D eigenvalue weighted by Gasteiger charge is -2.20. The fourth-order valence-electron chi connectivity index (χ4n) is 2.46. The molecule has 0 aliphatic carbocycles. The summed E-state index contributed by atoms with van der Waals surface area (Å²) < 4.78 is 26.5. The van der Waals surface area contributed by atoms with E-state index in [9.17, 15) is 8.42 Å². The minimum absolute atomic E-state index is 0.0207. The SMILES string of the molecule is CC(C)c1ccccc1C1(C(C)C)NS1(=O)=O. The molecule has 0 radical (unpaired) electrons. The predicted molar refractivity (Wildman–Crippen MR) is 69.1 cm³/mol. The molecule has 0 saturated carbocycles. The first-order chi connectivity index (χ1) is 7.83. The highest BCUT2D eigenvalue weighted by Crippen LogP contribution is 2.48. The normalized spacial score (nSPS) is 26.5. The second-order valence-corrected chi connectivity index (χ2v) is 7.09. The van der Waals surface area contributed by atoms with E-state index in [2.05, 4.69) is 18.6 Å². The van der Waals surface area contributed by atoms with Crippen LogP contribution in [0.5, 0.6) is 0 Å². The summed E-state index contributed by atoms with van der Waals surface area (Å²) in [5.41, 5.74) is 2.01. The number of nitrogens with one attached hydrogen (secondary N) is 1. The summed E-state index contributed by atoms with van der Waals surface area (Å²) in [6.07, 6.45) is 0. The smallest absolute Gasteiger partial charge is 0.210 e. The van der Waals surface area contributed by atoms with E-state index in [4.69, 9.17) is 0 Å². The zero-order chi connectivity index (χ0) is 12.8. The van der Waals surface area contributed by atoms with Crippen molar-refractivity contribution in [2.45, 2.75) is 38.5 Å². The molecule has 1 atom stereocenters. The fraction of sp³-hybridized carbons (Fsp3) is 0.538. The Morgan fingerprint density at radius 3 is 2.06 bits per heavy atom. The van der Waals surface area contributed by atoms with E-state index in [0.29, 0.717) is 5.92 Å². The molecule has 1 saturated heterocycles. The summed E-state index contributed by atoms with van der Waals surface area (Å²) >= 11 is 0. The topological polar surface area (TPSA) is 56.1 Å². The highest BCUT2D eigenvalue weighted by Gasteiger charge is 2.64. The molecule has 1 aromatic carbocycles. The molecule has 1 N–H and O–H groups in total. The van der Waals surface area contributed by atoms with E-state index in [-0.39, 0.29) is 5.92 Å². The van der Waals surface area contributed by atoms with E-state index in [1.165, 1.54) is 0 Å². The molecule has 1 heterocycles. The Bertz CT molecular complexity index is 534. The van der Waals surface area contributed by atoms with Crippen molar-refractivity contribution in [1.29, 1.82) is 0 Å². The van der Waals surface area contributed by atoms with Crippen LogP contribution in [0.4, 0.5) is 0 Å². The maximum absolute atomic E-state index is 11.9. The largest absolute Gasteiger partial charge is 0.237 e. The lowest BCUT2D eigenvalue weighted by atomic mass is 9.88. The van der Waals surface area contributed by atoms with Crippen molar-refractivity contribution in [2.24, 2.45) is 5.92 Å². The molecule has 4 heteroatoms. The highest BCUT2D eigenvalue weighted by atomic mass is 32.2. The van der Waals surface area contributed by atoms with Crippen LogP contribution < -0.4 is 4.72 Å². The molecule has 1 unspecified atom stereocenters. The van der Waals surface area contributed by atoms with Crippen LogP contribution in [0.15, 0.2) is 24.3 Å². The van der Waals surface area contributed by atoms with Crippen molar-refractivity contribution in [3.05, 3.63) is 35.4 Å². The third kappa shape index (κ3) is 1.70. The Balaban J connectivity index is 2.62. The van der Waals surface area contributed by atoms with Gasteiger partial charge in [0.25, 0.3) is 0 Å². The quantitative estimate of drug-likeness (QED) is 0.842. The van der Waals surface area contributed by atoms with E-state index < -0.39 is 14.9 Å². The number of rotatable bonds is 3. The molecule has 1 fully saturated rings. The first-order valence-corrected chi connectivity index (χ1v) is 7.44. The van der Waals surface area contributed by atoms with Gasteiger partial charge in [0.05, 0.1) is 0 Å². The van der Waals surface area contributed by atoms with Crippen molar-refractivity contribution >= 4 is 10.0 Å². The summed E-state index contributed by atoms with van der Waals surface area (Å²) in [7, 11) is -3.18. The molecular weight excluding hydrogens is 234 g/mol. The molecule has 3 nitrogen and oxygen atoms in total. The van der Waals surface area contributed by atoms with Gasteiger partial charge in [0.2, 0.25) is 10.0 Å². The van der Waals surface area contributed by atoms with Gasteiger partial charge in [-0.2, -0.15) is 4.72 Å². The standard InChI is InChI=1S/C13H19NO2S/c1-9(2)11-7-5-6-8-12(11)13(10(3)4)14-17(13,15)16/h5-10,14H,1-4H3. The molecule has 0 bridgehead atoms. The van der Waals surface area contributed by atoms with Gasteiger partial charge in [0, 0.05) is 0 Å². The zero-order valence-corrected chi connectivity index (χ0v) is 11.5. The first kappa shape index (κ1) is 12.6. The monoisotopic (exact) mass is 253 g/mol. The second kappa shape index (κ2) is 3.82. The molecule has 1 aliphatic rings. The van der Waals surface area contributed by atoms with Crippen molar-refractivity contribution in [3.8, 4) is 0 Å². The van der Waals surface area contributed by atoms with Gasteiger partial charge in [-0.1, -0.05) is 52.0 Å². The zero-order valence-electron chi connectivity index (χ0n) is 10.7. The van der Waals surface area contributed by atoms with Gasteiger partial charge in [-0.25, -0.2) is 8.42 Å². The maximum Gasteiger partial charge on any atom is 0.237 e. The van der Waals surface area contributed by atoms with Gasteiger partial charge in [-0.3, -0.25) is 0 Å². The van der Waals surface area contributed by atoms with Crippen molar-refractivity contribution in [2.75, 3.05) is 0 Å². The third-order valence-electron chi connectivity index (χ3n) is 3.46. The number of hydrogen-bond acceptors (Lipinski definition) is 2. The van der Waals surface area contributed by atoms with Crippen LogP contribution >= 0.6 is 0 Å². The van der Waals surface area contributed by atoms with E-state index in [0.717, 1.165) is 11.1 Å². The van der Waals surface area contributed by atoms with E-state index in [1.54, 1.807) is 0 Å². The van der Waals surface area contributed by atoms with Crippen LogP contribution in [0.25, 0.3) is 0 Å². The molecule has 1 aromatic rings. The van der Waals surface area contributed by atoms with Crippen molar-refractivity contribution in [1.82, 2.24) is 4.72 Å². The predicted octanol–water partition coefficient (Wildman–Crippen LogP) is 2.55. The Labute approximate surface area is 103 Å². The molecule has 2 rings (SSSR count). The summed E-state index contributed by atoms with van der Waals surface area (Å²) in [5.74, 6) is 0.340. The Hall–Kier alpha value is -0.870. The molecule has 1 aliphatic heterocycles. The highest BCUT2D eigenvalue weighted by molar-refractivity contribution is 7.97. The van der Waals surface area contributed by atoms with Gasteiger partial charge in [-0.05, 0) is 23.0 Å². The summed E-state index contributed by atoms with van der Waals surface area (Å²) in [4.78, 5) is -0.867. The van der Waals surface area contributed by atoms with Crippen molar-refractivity contribution < 1.29 is 8.42 Å². The fourth-order valence-corrected chi connectivity index (χ4v) is 4.46.